The fourth-order valence-corrected chi connectivity index (χ4v) is 2.67. The molecule has 2 aromatic rings. The van der Waals surface area contributed by atoms with Gasteiger partial charge >= 0.3 is 0 Å². The van der Waals surface area contributed by atoms with Crippen LogP contribution in [0.4, 0.5) is 4.39 Å². The number of benzene rings is 2. The molecular formula is C19H22FN. The molecule has 1 aliphatic carbocycles. The third-order valence-corrected chi connectivity index (χ3v) is 4.03. The predicted octanol–water partition coefficient (Wildman–Crippen LogP) is 4.70. The van der Waals surface area contributed by atoms with Gasteiger partial charge < -0.3 is 5.32 Å². The molecule has 0 amide bonds. The lowest BCUT2D eigenvalue weighted by Gasteiger charge is -2.11. The Bertz CT molecular complexity index is 599. The highest BCUT2D eigenvalue weighted by molar-refractivity contribution is 5.67. The molecule has 2 heteroatoms. The fraction of sp³-hybridized carbons (Fsp3) is 0.368. The van der Waals surface area contributed by atoms with Crippen LogP contribution in [-0.4, -0.2) is 6.04 Å². The number of hydrogen-bond acceptors (Lipinski definition) is 1. The van der Waals surface area contributed by atoms with Gasteiger partial charge in [0.25, 0.3) is 0 Å². The molecule has 1 N–H and O–H groups in total. The molecule has 110 valence electrons. The minimum absolute atomic E-state index is 0.158. The van der Waals surface area contributed by atoms with E-state index in [2.05, 4.69) is 36.5 Å². The van der Waals surface area contributed by atoms with Crippen LogP contribution in [0.15, 0.2) is 42.5 Å². The zero-order valence-corrected chi connectivity index (χ0v) is 12.5. The van der Waals surface area contributed by atoms with Crippen molar-refractivity contribution in [3.63, 3.8) is 0 Å². The molecule has 1 saturated carbocycles. The number of hydrogen-bond donors (Lipinski definition) is 1. The van der Waals surface area contributed by atoms with E-state index in [0.29, 0.717) is 6.04 Å². The summed E-state index contributed by atoms with van der Waals surface area (Å²) < 4.78 is 13.5. The van der Waals surface area contributed by atoms with E-state index in [-0.39, 0.29) is 5.82 Å². The van der Waals surface area contributed by atoms with E-state index in [0.717, 1.165) is 30.5 Å². The van der Waals surface area contributed by atoms with Crippen LogP contribution in [0.2, 0.25) is 0 Å². The van der Waals surface area contributed by atoms with Crippen LogP contribution in [0.1, 0.15) is 37.3 Å². The van der Waals surface area contributed by atoms with Crippen LogP contribution in [0.5, 0.6) is 0 Å². The van der Waals surface area contributed by atoms with E-state index in [1.54, 1.807) is 12.1 Å². The Balaban J connectivity index is 1.84. The average Bonchev–Trinajstić information content (AvgIpc) is 3.31. The topological polar surface area (TPSA) is 12.0 Å². The first-order valence-electron chi connectivity index (χ1n) is 7.87. The van der Waals surface area contributed by atoms with Gasteiger partial charge in [-0.2, -0.15) is 0 Å². The van der Waals surface area contributed by atoms with Crippen LogP contribution >= 0.6 is 0 Å². The highest BCUT2D eigenvalue weighted by Gasteiger charge is 2.20. The van der Waals surface area contributed by atoms with Gasteiger partial charge in [0.15, 0.2) is 0 Å². The van der Waals surface area contributed by atoms with Crippen LogP contribution in [0, 0.1) is 5.82 Å². The second-order valence-electron chi connectivity index (χ2n) is 5.90. The van der Waals surface area contributed by atoms with Gasteiger partial charge in [-0.15, -0.1) is 0 Å². The summed E-state index contributed by atoms with van der Waals surface area (Å²) >= 11 is 0. The quantitative estimate of drug-likeness (QED) is 0.810. The maximum Gasteiger partial charge on any atom is 0.123 e. The first kappa shape index (κ1) is 14.3. The fourth-order valence-electron chi connectivity index (χ4n) is 2.67. The number of aryl methyl sites for hydroxylation is 1. The van der Waals surface area contributed by atoms with Crippen molar-refractivity contribution in [1.29, 1.82) is 0 Å². The predicted molar refractivity (Wildman–Crippen MR) is 85.7 cm³/mol. The van der Waals surface area contributed by atoms with E-state index >= 15 is 0 Å². The average molecular weight is 283 g/mol. The molecule has 0 bridgehead atoms. The number of halogens is 1. The minimum atomic E-state index is -0.158. The molecule has 0 spiro atoms. The third-order valence-electron chi connectivity index (χ3n) is 4.03. The Labute approximate surface area is 126 Å². The van der Waals surface area contributed by atoms with Crippen molar-refractivity contribution in [2.45, 2.75) is 45.2 Å². The Hall–Kier alpha value is -1.67. The van der Waals surface area contributed by atoms with Gasteiger partial charge in [0, 0.05) is 12.6 Å². The molecule has 0 heterocycles. The van der Waals surface area contributed by atoms with Crippen LogP contribution in [0.25, 0.3) is 11.1 Å². The second kappa shape index (κ2) is 6.40. The summed E-state index contributed by atoms with van der Waals surface area (Å²) in [5, 5.41) is 3.48. The van der Waals surface area contributed by atoms with Gasteiger partial charge in [0.2, 0.25) is 0 Å². The molecule has 21 heavy (non-hydrogen) atoms. The molecule has 0 saturated heterocycles. The van der Waals surface area contributed by atoms with Gasteiger partial charge in [-0.1, -0.05) is 43.7 Å². The van der Waals surface area contributed by atoms with Gasteiger partial charge in [0.05, 0.1) is 0 Å². The molecule has 1 aliphatic rings. The largest absolute Gasteiger partial charge is 0.310 e. The summed E-state index contributed by atoms with van der Waals surface area (Å²) in [5.74, 6) is -0.158. The van der Waals surface area contributed by atoms with Crippen LogP contribution in [0.3, 0.4) is 0 Å². The maximum atomic E-state index is 13.5. The summed E-state index contributed by atoms with van der Waals surface area (Å²) in [5.41, 5.74) is 4.71. The normalized spacial score (nSPS) is 14.4. The summed E-state index contributed by atoms with van der Waals surface area (Å²) in [4.78, 5) is 0. The van der Waals surface area contributed by atoms with Crippen molar-refractivity contribution in [2.75, 3.05) is 0 Å². The first-order valence-corrected chi connectivity index (χ1v) is 7.87. The second-order valence-corrected chi connectivity index (χ2v) is 5.90. The van der Waals surface area contributed by atoms with Gasteiger partial charge in [-0.3, -0.25) is 0 Å². The van der Waals surface area contributed by atoms with E-state index < -0.39 is 0 Å². The standard InChI is InChI=1S/C19H22FN/c1-2-3-14-4-6-15(7-5-14)19-11-8-17(20)12-16(19)13-21-18-9-10-18/h4-8,11-12,18,21H,2-3,9-10,13H2,1H3. The Kier molecular flexibility index (Phi) is 4.35. The van der Waals surface area contributed by atoms with E-state index in [4.69, 9.17) is 0 Å². The summed E-state index contributed by atoms with van der Waals surface area (Å²) in [7, 11) is 0. The zero-order chi connectivity index (χ0) is 14.7. The lowest BCUT2D eigenvalue weighted by Crippen LogP contribution is -2.16. The molecule has 0 atom stereocenters. The van der Waals surface area contributed by atoms with E-state index in [1.807, 2.05) is 6.07 Å². The molecule has 1 fully saturated rings. The van der Waals surface area contributed by atoms with Crippen LogP contribution in [-0.2, 0) is 13.0 Å². The minimum Gasteiger partial charge on any atom is -0.310 e. The van der Waals surface area contributed by atoms with Crippen molar-refractivity contribution < 1.29 is 4.39 Å². The van der Waals surface area contributed by atoms with E-state index in [1.165, 1.54) is 24.0 Å². The molecule has 3 rings (SSSR count). The van der Waals surface area contributed by atoms with Crippen LogP contribution < -0.4 is 5.32 Å². The third kappa shape index (κ3) is 3.70. The van der Waals surface area contributed by atoms with Crippen molar-refractivity contribution in [3.8, 4) is 11.1 Å². The van der Waals surface area contributed by atoms with E-state index in [9.17, 15) is 4.39 Å². The maximum absolute atomic E-state index is 13.5. The first-order chi connectivity index (χ1) is 10.3. The Morgan fingerprint density at radius 2 is 1.86 bits per heavy atom. The summed E-state index contributed by atoms with van der Waals surface area (Å²) in [6, 6.07) is 14.4. The molecule has 0 aliphatic heterocycles. The van der Waals surface area contributed by atoms with Crippen molar-refractivity contribution >= 4 is 0 Å². The molecular weight excluding hydrogens is 261 g/mol. The number of nitrogens with one attached hydrogen (secondary N) is 1. The molecule has 0 aromatic heterocycles. The lowest BCUT2D eigenvalue weighted by atomic mass is 9.97. The monoisotopic (exact) mass is 283 g/mol. The highest BCUT2D eigenvalue weighted by Crippen LogP contribution is 2.27. The number of rotatable bonds is 6. The van der Waals surface area contributed by atoms with Crippen molar-refractivity contribution in [3.05, 3.63) is 59.4 Å². The zero-order valence-electron chi connectivity index (χ0n) is 12.5. The Morgan fingerprint density at radius 1 is 1.10 bits per heavy atom. The van der Waals surface area contributed by atoms with Crippen molar-refractivity contribution in [1.82, 2.24) is 5.32 Å². The Morgan fingerprint density at radius 3 is 2.52 bits per heavy atom. The molecule has 2 aromatic carbocycles. The molecule has 1 nitrogen and oxygen atoms in total. The highest BCUT2D eigenvalue weighted by atomic mass is 19.1. The molecule has 0 radical (unpaired) electrons. The van der Waals surface area contributed by atoms with Crippen molar-refractivity contribution in [2.24, 2.45) is 0 Å². The SMILES string of the molecule is CCCc1ccc(-c2ccc(F)cc2CNC2CC2)cc1. The van der Waals surface area contributed by atoms with Gasteiger partial charge in [-0.25, -0.2) is 4.39 Å². The summed E-state index contributed by atoms with van der Waals surface area (Å²) in [6.45, 7) is 2.93. The van der Waals surface area contributed by atoms with Gasteiger partial charge in [-0.05, 0) is 53.6 Å². The lowest BCUT2D eigenvalue weighted by molar-refractivity contribution is 0.620. The molecule has 0 unspecified atom stereocenters. The summed E-state index contributed by atoms with van der Waals surface area (Å²) in [6.07, 6.45) is 4.76. The smallest absolute Gasteiger partial charge is 0.123 e. The van der Waals surface area contributed by atoms with Gasteiger partial charge in [0.1, 0.15) is 5.82 Å².